The molecule has 0 saturated heterocycles. The van der Waals surface area contributed by atoms with Crippen molar-refractivity contribution in [2.45, 2.75) is 13.0 Å². The van der Waals surface area contributed by atoms with Crippen LogP contribution in [0.5, 0.6) is 0 Å². The van der Waals surface area contributed by atoms with E-state index in [2.05, 4.69) is 4.74 Å². The summed E-state index contributed by atoms with van der Waals surface area (Å²) >= 11 is 0. The number of rotatable bonds is 3. The lowest BCUT2D eigenvalue weighted by atomic mass is 10.5. The van der Waals surface area contributed by atoms with Crippen LogP contribution in [0.3, 0.4) is 0 Å². The van der Waals surface area contributed by atoms with Gasteiger partial charge in [-0.05, 0) is 6.92 Å². The maximum atomic E-state index is 9.65. The number of nitrogens with zero attached hydrogens (tertiary/aromatic N) is 1. The topological polar surface area (TPSA) is 50.1 Å². The molecular formula is C5H6NO2. The fourth-order valence-corrected chi connectivity index (χ4v) is 0.196. The Labute approximate surface area is 47.9 Å². The van der Waals surface area contributed by atoms with Crippen LogP contribution in [0.15, 0.2) is 0 Å². The second kappa shape index (κ2) is 4.28. The Morgan fingerprint density at radius 2 is 2.50 bits per heavy atom. The molecule has 0 N–H and O–H groups in total. The van der Waals surface area contributed by atoms with Crippen molar-refractivity contribution in [1.29, 1.82) is 5.26 Å². The second-order valence-corrected chi connectivity index (χ2v) is 1.23. The molecule has 1 unspecified atom stereocenters. The molecule has 3 heteroatoms. The van der Waals surface area contributed by atoms with Gasteiger partial charge in [0.2, 0.25) is 6.29 Å². The molecule has 0 aliphatic carbocycles. The predicted molar refractivity (Wildman–Crippen MR) is 26.7 cm³/mol. The molecule has 1 atom stereocenters. The Hall–Kier alpha value is -0.880. The van der Waals surface area contributed by atoms with Gasteiger partial charge in [0.25, 0.3) is 0 Å². The highest BCUT2D eigenvalue weighted by Crippen LogP contribution is 1.81. The minimum Gasteiger partial charge on any atom is -0.355 e. The third-order valence-electron chi connectivity index (χ3n) is 0.564. The summed E-state index contributed by atoms with van der Waals surface area (Å²) in [6.45, 7) is 1.49. The van der Waals surface area contributed by atoms with Crippen LogP contribution >= 0.6 is 0 Å². The average molecular weight is 112 g/mol. The van der Waals surface area contributed by atoms with Gasteiger partial charge in [0.15, 0.2) is 0 Å². The molecule has 0 bridgehead atoms. The first-order valence-corrected chi connectivity index (χ1v) is 2.17. The zero-order chi connectivity index (χ0) is 6.41. The summed E-state index contributed by atoms with van der Waals surface area (Å²) in [5.74, 6) is 0. The molecular weight excluding hydrogens is 106 g/mol. The standard InChI is InChI=1S/C5H6NO2/c1-5(4-7)8-3-2-6/h5H,3H2,1H3. The van der Waals surface area contributed by atoms with Crippen molar-refractivity contribution in [2.75, 3.05) is 6.61 Å². The van der Waals surface area contributed by atoms with E-state index in [4.69, 9.17) is 5.26 Å². The van der Waals surface area contributed by atoms with Crippen LogP contribution in [-0.4, -0.2) is 19.0 Å². The number of ether oxygens (including phenoxy) is 1. The zero-order valence-electron chi connectivity index (χ0n) is 4.55. The lowest BCUT2D eigenvalue weighted by molar-refractivity contribution is 0.137. The van der Waals surface area contributed by atoms with Gasteiger partial charge in [-0.1, -0.05) is 0 Å². The fourth-order valence-electron chi connectivity index (χ4n) is 0.196. The minimum absolute atomic E-state index is 0.0452. The van der Waals surface area contributed by atoms with Crippen LogP contribution in [0.4, 0.5) is 0 Å². The van der Waals surface area contributed by atoms with E-state index in [0.717, 1.165) is 0 Å². The van der Waals surface area contributed by atoms with Crippen molar-refractivity contribution < 1.29 is 9.53 Å². The summed E-state index contributed by atoms with van der Waals surface area (Å²) < 4.78 is 4.56. The van der Waals surface area contributed by atoms with E-state index >= 15 is 0 Å². The Morgan fingerprint density at radius 3 is 2.88 bits per heavy atom. The number of nitriles is 1. The van der Waals surface area contributed by atoms with Crippen molar-refractivity contribution in [1.82, 2.24) is 0 Å². The van der Waals surface area contributed by atoms with Crippen LogP contribution in [0.25, 0.3) is 0 Å². The first-order chi connectivity index (χ1) is 3.81. The van der Waals surface area contributed by atoms with Crippen molar-refractivity contribution >= 4 is 6.29 Å². The molecule has 3 nitrogen and oxygen atoms in total. The van der Waals surface area contributed by atoms with Gasteiger partial charge in [0.05, 0.1) is 6.07 Å². The van der Waals surface area contributed by atoms with Gasteiger partial charge in [-0.2, -0.15) is 5.26 Å². The van der Waals surface area contributed by atoms with Crippen molar-refractivity contribution in [3.8, 4) is 6.07 Å². The van der Waals surface area contributed by atoms with Gasteiger partial charge in [-0.25, -0.2) is 0 Å². The van der Waals surface area contributed by atoms with Gasteiger partial charge in [0.1, 0.15) is 12.7 Å². The summed E-state index contributed by atoms with van der Waals surface area (Å²) in [6.07, 6.45) is 1.00. The Kier molecular flexibility index (Phi) is 3.81. The highest BCUT2D eigenvalue weighted by atomic mass is 16.5. The van der Waals surface area contributed by atoms with Crippen molar-refractivity contribution in [2.24, 2.45) is 0 Å². The fraction of sp³-hybridized carbons (Fsp3) is 0.600. The molecule has 1 radical (unpaired) electrons. The minimum atomic E-state index is -0.574. The molecule has 0 heterocycles. The normalized spacial score (nSPS) is 12.0. The van der Waals surface area contributed by atoms with Crippen molar-refractivity contribution in [3.05, 3.63) is 0 Å². The summed E-state index contributed by atoms with van der Waals surface area (Å²) in [5, 5.41) is 7.91. The van der Waals surface area contributed by atoms with Crippen LogP contribution in [0, 0.1) is 11.3 Å². The molecule has 0 aliphatic rings. The molecule has 0 aromatic rings. The van der Waals surface area contributed by atoms with Crippen molar-refractivity contribution in [3.63, 3.8) is 0 Å². The van der Waals surface area contributed by atoms with E-state index in [1.807, 2.05) is 0 Å². The zero-order valence-corrected chi connectivity index (χ0v) is 4.55. The van der Waals surface area contributed by atoms with Gasteiger partial charge in [-0.3, -0.25) is 4.79 Å². The summed E-state index contributed by atoms with van der Waals surface area (Å²) in [5.41, 5.74) is 0. The van der Waals surface area contributed by atoms with Gasteiger partial charge in [0, 0.05) is 0 Å². The van der Waals surface area contributed by atoms with Crippen LogP contribution in [0.1, 0.15) is 6.92 Å². The smallest absolute Gasteiger partial charge is 0.229 e. The third-order valence-corrected chi connectivity index (χ3v) is 0.564. The van der Waals surface area contributed by atoms with Gasteiger partial charge in [-0.15, -0.1) is 0 Å². The quantitative estimate of drug-likeness (QED) is 0.517. The van der Waals surface area contributed by atoms with Crippen LogP contribution in [0.2, 0.25) is 0 Å². The number of hydrogen-bond donors (Lipinski definition) is 0. The Morgan fingerprint density at radius 1 is 1.88 bits per heavy atom. The largest absolute Gasteiger partial charge is 0.355 e. The molecule has 0 aromatic carbocycles. The molecule has 0 rings (SSSR count). The van der Waals surface area contributed by atoms with E-state index in [1.54, 1.807) is 12.4 Å². The molecule has 0 saturated carbocycles. The van der Waals surface area contributed by atoms with E-state index in [1.165, 1.54) is 6.92 Å². The number of carbonyl (C=O) groups excluding carboxylic acids is 1. The monoisotopic (exact) mass is 112 g/mol. The van der Waals surface area contributed by atoms with E-state index in [0.29, 0.717) is 0 Å². The maximum Gasteiger partial charge on any atom is 0.229 e. The SMILES string of the molecule is CC([C]=O)OCC#N. The molecule has 43 valence electrons. The van der Waals surface area contributed by atoms with Gasteiger partial charge >= 0.3 is 0 Å². The predicted octanol–water partition coefficient (Wildman–Crippen LogP) is 0.0248. The first kappa shape index (κ1) is 7.12. The average Bonchev–Trinajstić information content (AvgIpc) is 1.83. The summed E-state index contributed by atoms with van der Waals surface area (Å²) in [6, 6.07) is 1.73. The lowest BCUT2D eigenvalue weighted by Crippen LogP contribution is -2.08. The molecule has 0 aliphatic heterocycles. The first-order valence-electron chi connectivity index (χ1n) is 2.17. The van der Waals surface area contributed by atoms with E-state index in [9.17, 15) is 4.79 Å². The molecule has 0 amide bonds. The van der Waals surface area contributed by atoms with E-state index < -0.39 is 6.10 Å². The molecule has 0 spiro atoms. The maximum absolute atomic E-state index is 9.65. The highest BCUT2D eigenvalue weighted by molar-refractivity contribution is 5.56. The summed E-state index contributed by atoms with van der Waals surface area (Å²) in [4.78, 5) is 9.65. The number of hydrogen-bond acceptors (Lipinski definition) is 3. The Balaban J connectivity index is 3.13. The third kappa shape index (κ3) is 3.32. The van der Waals surface area contributed by atoms with E-state index in [-0.39, 0.29) is 6.61 Å². The lowest BCUT2D eigenvalue weighted by Gasteiger charge is -1.96. The summed E-state index contributed by atoms with van der Waals surface area (Å²) in [7, 11) is 0. The Bertz CT molecular complexity index is 105. The van der Waals surface area contributed by atoms with Crippen LogP contribution < -0.4 is 0 Å². The molecule has 8 heavy (non-hydrogen) atoms. The van der Waals surface area contributed by atoms with Crippen LogP contribution in [-0.2, 0) is 9.53 Å². The molecule has 0 aromatic heterocycles. The highest BCUT2D eigenvalue weighted by Gasteiger charge is 1.96. The second-order valence-electron chi connectivity index (χ2n) is 1.23. The molecule has 0 fully saturated rings. The van der Waals surface area contributed by atoms with Gasteiger partial charge < -0.3 is 4.74 Å².